The van der Waals surface area contributed by atoms with Crippen LogP contribution in [0.25, 0.3) is 0 Å². The smallest absolute Gasteiger partial charge is 0.108 e. The first-order chi connectivity index (χ1) is 4.84. The molecule has 0 spiro atoms. The molecule has 11 heavy (non-hydrogen) atoms. The van der Waals surface area contributed by atoms with E-state index in [0.29, 0.717) is 5.92 Å². The highest BCUT2D eigenvalue weighted by Gasteiger charge is 2.24. The Kier molecular flexibility index (Phi) is 4.05. The Hall–Kier alpha value is -0.0700. The van der Waals surface area contributed by atoms with Gasteiger partial charge in [-0.25, -0.2) is 4.39 Å². The van der Waals surface area contributed by atoms with E-state index >= 15 is 0 Å². The van der Waals surface area contributed by atoms with Gasteiger partial charge < -0.3 is 0 Å². The van der Waals surface area contributed by atoms with Gasteiger partial charge in [0.15, 0.2) is 0 Å². The van der Waals surface area contributed by atoms with Crippen molar-refractivity contribution < 1.29 is 4.39 Å². The second-order valence-electron chi connectivity index (χ2n) is 4.44. The fraction of sp³-hybridized carbons (Fsp3) is 1.00. The molecule has 0 nitrogen and oxygen atoms in total. The van der Waals surface area contributed by atoms with Crippen molar-refractivity contribution in [2.45, 2.75) is 53.1 Å². The Bertz CT molecular complexity index is 99.9. The summed E-state index contributed by atoms with van der Waals surface area (Å²) in [6.45, 7) is 9.67. The molecule has 1 atom stereocenters. The highest BCUT2D eigenvalue weighted by molar-refractivity contribution is 4.74. The molecule has 0 saturated heterocycles. The Morgan fingerprint density at radius 3 is 1.82 bits per heavy atom. The van der Waals surface area contributed by atoms with Crippen LogP contribution < -0.4 is 0 Å². The number of hydrogen-bond donors (Lipinski definition) is 0. The summed E-state index contributed by atoms with van der Waals surface area (Å²) in [4.78, 5) is 0. The van der Waals surface area contributed by atoms with Crippen LogP contribution in [-0.4, -0.2) is 5.67 Å². The van der Waals surface area contributed by atoms with Crippen molar-refractivity contribution in [2.24, 2.45) is 11.8 Å². The van der Waals surface area contributed by atoms with Gasteiger partial charge in [0.1, 0.15) is 5.67 Å². The molecule has 0 N–H and O–H groups in total. The summed E-state index contributed by atoms with van der Waals surface area (Å²) < 4.78 is 13.2. The zero-order valence-electron chi connectivity index (χ0n) is 8.45. The topological polar surface area (TPSA) is 0 Å². The maximum absolute atomic E-state index is 13.2. The van der Waals surface area contributed by atoms with Crippen molar-refractivity contribution in [3.8, 4) is 0 Å². The zero-order chi connectivity index (χ0) is 9.07. The van der Waals surface area contributed by atoms with Gasteiger partial charge in [-0.15, -0.1) is 0 Å². The predicted molar refractivity (Wildman–Crippen MR) is 48.4 cm³/mol. The molecule has 0 saturated carbocycles. The average molecular weight is 160 g/mol. The molecule has 0 aliphatic rings. The van der Waals surface area contributed by atoms with Gasteiger partial charge in [0.2, 0.25) is 0 Å². The van der Waals surface area contributed by atoms with Crippen molar-refractivity contribution in [3.05, 3.63) is 0 Å². The van der Waals surface area contributed by atoms with Crippen molar-refractivity contribution in [1.82, 2.24) is 0 Å². The lowest BCUT2D eigenvalue weighted by atomic mass is 9.88. The maximum atomic E-state index is 13.2. The van der Waals surface area contributed by atoms with Gasteiger partial charge in [0.25, 0.3) is 0 Å². The number of alkyl halides is 1. The molecular formula is C10H21F. The van der Waals surface area contributed by atoms with Crippen molar-refractivity contribution in [1.29, 1.82) is 0 Å². The van der Waals surface area contributed by atoms with Gasteiger partial charge in [-0.1, -0.05) is 27.2 Å². The quantitative estimate of drug-likeness (QED) is 0.586. The monoisotopic (exact) mass is 160 g/mol. The summed E-state index contributed by atoms with van der Waals surface area (Å²) in [5, 5.41) is 0. The van der Waals surface area contributed by atoms with Crippen LogP contribution in [0.15, 0.2) is 0 Å². The van der Waals surface area contributed by atoms with E-state index < -0.39 is 5.67 Å². The van der Waals surface area contributed by atoms with Gasteiger partial charge in [-0.3, -0.25) is 0 Å². The molecule has 0 fully saturated rings. The predicted octanol–water partition coefficient (Wildman–Crippen LogP) is 3.81. The van der Waals surface area contributed by atoms with Crippen molar-refractivity contribution in [2.75, 3.05) is 0 Å². The summed E-state index contributed by atoms with van der Waals surface area (Å²) >= 11 is 0. The second kappa shape index (κ2) is 4.08. The van der Waals surface area contributed by atoms with E-state index in [2.05, 4.69) is 13.8 Å². The highest BCUT2D eigenvalue weighted by Crippen LogP contribution is 2.26. The number of hydrogen-bond acceptors (Lipinski definition) is 0. The van der Waals surface area contributed by atoms with Gasteiger partial charge in [-0.2, -0.15) is 0 Å². The van der Waals surface area contributed by atoms with E-state index in [-0.39, 0.29) is 5.92 Å². The molecule has 0 aliphatic carbocycles. The molecule has 0 bridgehead atoms. The maximum Gasteiger partial charge on any atom is 0.108 e. The fourth-order valence-corrected chi connectivity index (χ4v) is 0.927. The Labute approximate surface area is 70.2 Å². The first kappa shape index (κ1) is 10.9. The van der Waals surface area contributed by atoms with E-state index in [0.717, 1.165) is 12.8 Å². The van der Waals surface area contributed by atoms with Crippen LogP contribution in [0.1, 0.15) is 47.5 Å². The van der Waals surface area contributed by atoms with Crippen LogP contribution in [0.3, 0.4) is 0 Å². The van der Waals surface area contributed by atoms with Crippen LogP contribution in [0.5, 0.6) is 0 Å². The lowest BCUT2D eigenvalue weighted by molar-refractivity contribution is 0.125. The minimum atomic E-state index is -1.01. The minimum absolute atomic E-state index is 0.185. The van der Waals surface area contributed by atoms with Crippen LogP contribution >= 0.6 is 0 Å². The highest BCUT2D eigenvalue weighted by atomic mass is 19.1. The SMILES string of the molecule is CC(C)CC[C@@H](C)C(C)(C)F. The first-order valence-corrected chi connectivity index (χ1v) is 4.53. The van der Waals surface area contributed by atoms with Crippen LogP contribution in [0.4, 0.5) is 4.39 Å². The lowest BCUT2D eigenvalue weighted by Crippen LogP contribution is -2.23. The lowest BCUT2D eigenvalue weighted by Gasteiger charge is -2.23. The largest absolute Gasteiger partial charge is 0.244 e. The number of rotatable bonds is 4. The van der Waals surface area contributed by atoms with Crippen molar-refractivity contribution in [3.63, 3.8) is 0 Å². The number of halogens is 1. The van der Waals surface area contributed by atoms with E-state index in [4.69, 9.17) is 0 Å². The Morgan fingerprint density at radius 2 is 1.55 bits per heavy atom. The molecule has 0 aliphatic heterocycles. The summed E-state index contributed by atoms with van der Waals surface area (Å²) in [6.07, 6.45) is 2.13. The summed E-state index contributed by atoms with van der Waals surface area (Å²) in [6, 6.07) is 0. The molecule has 0 heterocycles. The van der Waals surface area contributed by atoms with Crippen LogP contribution in [0, 0.1) is 11.8 Å². The molecule has 1 heteroatoms. The summed E-state index contributed by atoms with van der Waals surface area (Å²) in [5.41, 5.74) is -1.01. The second-order valence-corrected chi connectivity index (χ2v) is 4.44. The third kappa shape index (κ3) is 5.23. The molecule has 0 amide bonds. The van der Waals surface area contributed by atoms with Crippen LogP contribution in [0.2, 0.25) is 0 Å². The van der Waals surface area contributed by atoms with E-state index in [1.807, 2.05) is 6.92 Å². The molecule has 0 radical (unpaired) electrons. The average Bonchev–Trinajstić information content (AvgIpc) is 1.80. The Balaban J connectivity index is 3.61. The molecule has 0 unspecified atom stereocenters. The minimum Gasteiger partial charge on any atom is -0.244 e. The van der Waals surface area contributed by atoms with Gasteiger partial charge in [0, 0.05) is 0 Å². The third-order valence-corrected chi connectivity index (χ3v) is 2.35. The standard InChI is InChI=1S/C10H21F/c1-8(2)6-7-9(3)10(4,5)11/h8-9H,6-7H2,1-5H3/t9-/m1/s1. The van der Waals surface area contributed by atoms with E-state index in [1.54, 1.807) is 13.8 Å². The van der Waals surface area contributed by atoms with Gasteiger partial charge in [0.05, 0.1) is 0 Å². The molecule has 0 aromatic carbocycles. The third-order valence-electron chi connectivity index (χ3n) is 2.35. The van der Waals surface area contributed by atoms with Crippen molar-refractivity contribution >= 4 is 0 Å². The molecular weight excluding hydrogens is 139 g/mol. The normalized spacial score (nSPS) is 15.5. The zero-order valence-corrected chi connectivity index (χ0v) is 8.45. The summed E-state index contributed by atoms with van der Waals surface area (Å²) in [7, 11) is 0. The van der Waals surface area contributed by atoms with Gasteiger partial charge >= 0.3 is 0 Å². The van der Waals surface area contributed by atoms with E-state index in [9.17, 15) is 4.39 Å². The van der Waals surface area contributed by atoms with E-state index in [1.165, 1.54) is 0 Å². The van der Waals surface area contributed by atoms with Gasteiger partial charge in [-0.05, 0) is 32.1 Å². The summed E-state index contributed by atoms with van der Waals surface area (Å²) in [5.74, 6) is 0.879. The fourth-order valence-electron chi connectivity index (χ4n) is 0.927. The first-order valence-electron chi connectivity index (χ1n) is 4.53. The molecule has 0 aromatic heterocycles. The molecule has 0 rings (SSSR count). The molecule has 0 aromatic rings. The van der Waals surface area contributed by atoms with Crippen LogP contribution in [-0.2, 0) is 0 Å². The Morgan fingerprint density at radius 1 is 1.09 bits per heavy atom. The molecule has 68 valence electrons.